The summed E-state index contributed by atoms with van der Waals surface area (Å²) in [6.07, 6.45) is 0. The Labute approximate surface area is 127 Å². The van der Waals surface area contributed by atoms with Gasteiger partial charge in [0.1, 0.15) is 5.82 Å². The zero-order chi connectivity index (χ0) is 13.1. The Balaban J connectivity index is 2.51. The SMILES string of the molecule is COCc1nc(-c2cccc(Br)c2)nc(N)c1I. The van der Waals surface area contributed by atoms with Gasteiger partial charge in [0.25, 0.3) is 0 Å². The van der Waals surface area contributed by atoms with Gasteiger partial charge < -0.3 is 10.5 Å². The Morgan fingerprint density at radius 2 is 2.17 bits per heavy atom. The van der Waals surface area contributed by atoms with Crippen molar-refractivity contribution in [3.8, 4) is 11.4 Å². The molecule has 18 heavy (non-hydrogen) atoms. The Morgan fingerprint density at radius 1 is 1.39 bits per heavy atom. The number of hydrogen-bond acceptors (Lipinski definition) is 4. The summed E-state index contributed by atoms with van der Waals surface area (Å²) in [4.78, 5) is 8.80. The minimum Gasteiger partial charge on any atom is -0.383 e. The van der Waals surface area contributed by atoms with Crippen LogP contribution in [-0.4, -0.2) is 17.1 Å². The molecule has 94 valence electrons. The third-order valence-corrected chi connectivity index (χ3v) is 3.98. The molecule has 0 aliphatic heterocycles. The van der Waals surface area contributed by atoms with Gasteiger partial charge in [-0.05, 0) is 34.7 Å². The van der Waals surface area contributed by atoms with Crippen LogP contribution in [0.2, 0.25) is 0 Å². The molecule has 1 aromatic carbocycles. The number of aromatic nitrogens is 2. The van der Waals surface area contributed by atoms with Gasteiger partial charge >= 0.3 is 0 Å². The van der Waals surface area contributed by atoms with Crippen LogP contribution in [0.4, 0.5) is 5.82 Å². The minimum atomic E-state index is 0.423. The molecule has 0 spiro atoms. The minimum absolute atomic E-state index is 0.423. The zero-order valence-corrected chi connectivity index (χ0v) is 13.4. The van der Waals surface area contributed by atoms with Gasteiger partial charge in [-0.3, -0.25) is 0 Å². The molecule has 4 nitrogen and oxygen atoms in total. The number of benzene rings is 1. The molecular formula is C12H11BrIN3O. The molecule has 0 atom stereocenters. The summed E-state index contributed by atoms with van der Waals surface area (Å²) in [5.74, 6) is 1.09. The average molecular weight is 420 g/mol. The Morgan fingerprint density at radius 3 is 2.83 bits per heavy atom. The number of nitrogens with zero attached hydrogens (tertiary/aromatic N) is 2. The Bertz CT molecular complexity index is 577. The molecule has 6 heteroatoms. The van der Waals surface area contributed by atoms with Crippen LogP contribution >= 0.6 is 38.5 Å². The lowest BCUT2D eigenvalue weighted by molar-refractivity contribution is 0.181. The topological polar surface area (TPSA) is 61.0 Å². The second kappa shape index (κ2) is 5.94. The summed E-state index contributed by atoms with van der Waals surface area (Å²) in [7, 11) is 1.63. The highest BCUT2D eigenvalue weighted by Crippen LogP contribution is 2.24. The fourth-order valence-corrected chi connectivity index (χ4v) is 2.30. The third kappa shape index (κ3) is 2.99. The molecule has 0 bridgehead atoms. The molecule has 0 saturated carbocycles. The van der Waals surface area contributed by atoms with Crippen molar-refractivity contribution in [2.45, 2.75) is 6.61 Å². The summed E-state index contributed by atoms with van der Waals surface area (Å²) in [6.45, 7) is 0.423. The van der Waals surface area contributed by atoms with Crippen molar-refractivity contribution in [3.05, 3.63) is 38.0 Å². The van der Waals surface area contributed by atoms with Crippen LogP contribution in [0.15, 0.2) is 28.7 Å². The molecule has 2 rings (SSSR count). The van der Waals surface area contributed by atoms with E-state index in [2.05, 4.69) is 48.5 Å². The van der Waals surface area contributed by atoms with Gasteiger partial charge in [0, 0.05) is 17.1 Å². The molecule has 1 aromatic heterocycles. The lowest BCUT2D eigenvalue weighted by Crippen LogP contribution is -2.05. The van der Waals surface area contributed by atoms with E-state index in [1.54, 1.807) is 7.11 Å². The normalized spacial score (nSPS) is 10.6. The maximum Gasteiger partial charge on any atom is 0.161 e. The molecule has 0 unspecified atom stereocenters. The molecule has 0 amide bonds. The maximum absolute atomic E-state index is 5.90. The lowest BCUT2D eigenvalue weighted by Gasteiger charge is -2.08. The number of ether oxygens (including phenoxy) is 1. The summed E-state index contributed by atoms with van der Waals surface area (Å²) in [5, 5.41) is 0. The second-order valence-electron chi connectivity index (χ2n) is 3.64. The van der Waals surface area contributed by atoms with E-state index < -0.39 is 0 Å². The predicted octanol–water partition coefficient (Wildman–Crippen LogP) is 3.24. The van der Waals surface area contributed by atoms with E-state index in [-0.39, 0.29) is 0 Å². The van der Waals surface area contributed by atoms with Gasteiger partial charge in [0.05, 0.1) is 15.9 Å². The molecule has 1 heterocycles. The van der Waals surface area contributed by atoms with Gasteiger partial charge in [-0.1, -0.05) is 28.1 Å². The van der Waals surface area contributed by atoms with E-state index in [0.29, 0.717) is 18.2 Å². The number of rotatable bonds is 3. The molecule has 0 aliphatic rings. The van der Waals surface area contributed by atoms with Crippen molar-refractivity contribution in [1.82, 2.24) is 9.97 Å². The first kappa shape index (κ1) is 13.7. The molecule has 2 aromatic rings. The monoisotopic (exact) mass is 419 g/mol. The highest BCUT2D eigenvalue weighted by Gasteiger charge is 2.11. The number of anilines is 1. The Hall–Kier alpha value is -0.730. The molecule has 0 aliphatic carbocycles. The second-order valence-corrected chi connectivity index (χ2v) is 5.63. The fraction of sp³-hybridized carbons (Fsp3) is 0.167. The van der Waals surface area contributed by atoms with Crippen molar-refractivity contribution < 1.29 is 4.74 Å². The van der Waals surface area contributed by atoms with Crippen LogP contribution in [0.25, 0.3) is 11.4 Å². The molecular weight excluding hydrogens is 409 g/mol. The van der Waals surface area contributed by atoms with Crippen LogP contribution in [0, 0.1) is 3.57 Å². The summed E-state index contributed by atoms with van der Waals surface area (Å²) >= 11 is 5.56. The Kier molecular flexibility index (Phi) is 4.52. The number of hydrogen-bond donors (Lipinski definition) is 1. The van der Waals surface area contributed by atoms with Crippen molar-refractivity contribution in [2.75, 3.05) is 12.8 Å². The van der Waals surface area contributed by atoms with Gasteiger partial charge in [-0.25, -0.2) is 9.97 Å². The maximum atomic E-state index is 5.90. The number of nitrogen functional groups attached to an aromatic ring is 1. The summed E-state index contributed by atoms with van der Waals surface area (Å²) < 4.78 is 6.94. The fourth-order valence-electron chi connectivity index (χ4n) is 1.50. The van der Waals surface area contributed by atoms with Crippen LogP contribution < -0.4 is 5.73 Å². The molecule has 2 N–H and O–H groups in total. The largest absolute Gasteiger partial charge is 0.383 e. The van der Waals surface area contributed by atoms with Crippen LogP contribution in [0.5, 0.6) is 0 Å². The third-order valence-electron chi connectivity index (χ3n) is 2.31. The van der Waals surface area contributed by atoms with Crippen LogP contribution in [0.1, 0.15) is 5.69 Å². The van der Waals surface area contributed by atoms with E-state index in [1.165, 1.54) is 0 Å². The smallest absolute Gasteiger partial charge is 0.161 e. The molecule has 0 fully saturated rings. The van der Waals surface area contributed by atoms with Gasteiger partial charge in [0.2, 0.25) is 0 Å². The van der Waals surface area contributed by atoms with Gasteiger partial charge in [-0.2, -0.15) is 0 Å². The summed E-state index contributed by atoms with van der Waals surface area (Å²) in [5.41, 5.74) is 7.63. The first-order valence-corrected chi connectivity index (χ1v) is 7.05. The predicted molar refractivity (Wildman–Crippen MR) is 83.0 cm³/mol. The van der Waals surface area contributed by atoms with E-state index in [1.807, 2.05) is 24.3 Å². The standard InChI is InChI=1S/C12H11BrIN3O/c1-18-6-9-10(14)11(15)17-12(16-9)7-3-2-4-8(13)5-7/h2-5H,6H2,1H3,(H2,15,16,17). The highest BCUT2D eigenvalue weighted by atomic mass is 127. The zero-order valence-electron chi connectivity index (χ0n) is 9.65. The quantitative estimate of drug-likeness (QED) is 0.776. The van der Waals surface area contributed by atoms with Crippen LogP contribution in [-0.2, 0) is 11.3 Å². The van der Waals surface area contributed by atoms with Crippen molar-refractivity contribution in [3.63, 3.8) is 0 Å². The van der Waals surface area contributed by atoms with Gasteiger partial charge in [-0.15, -0.1) is 0 Å². The van der Waals surface area contributed by atoms with Crippen molar-refractivity contribution >= 4 is 44.3 Å². The van der Waals surface area contributed by atoms with Crippen LogP contribution in [0.3, 0.4) is 0 Å². The number of nitrogens with two attached hydrogens (primary N) is 1. The van der Waals surface area contributed by atoms with Crippen molar-refractivity contribution in [2.24, 2.45) is 0 Å². The molecule has 0 saturated heterocycles. The average Bonchev–Trinajstić information content (AvgIpc) is 2.35. The lowest BCUT2D eigenvalue weighted by atomic mass is 10.2. The van der Waals surface area contributed by atoms with E-state index in [9.17, 15) is 0 Å². The highest BCUT2D eigenvalue weighted by molar-refractivity contribution is 14.1. The molecule has 0 radical (unpaired) electrons. The van der Waals surface area contributed by atoms with E-state index >= 15 is 0 Å². The first-order valence-electron chi connectivity index (χ1n) is 5.18. The number of methoxy groups -OCH3 is 1. The first-order chi connectivity index (χ1) is 8.61. The van der Waals surface area contributed by atoms with E-state index in [4.69, 9.17) is 10.5 Å². The van der Waals surface area contributed by atoms with Gasteiger partial charge in [0.15, 0.2) is 5.82 Å². The van der Waals surface area contributed by atoms with Crippen molar-refractivity contribution in [1.29, 1.82) is 0 Å². The number of halogens is 2. The summed E-state index contributed by atoms with van der Waals surface area (Å²) in [6, 6.07) is 7.80. The van der Waals surface area contributed by atoms with E-state index in [0.717, 1.165) is 19.3 Å².